The van der Waals surface area contributed by atoms with Crippen molar-refractivity contribution in [3.8, 4) is 0 Å². The van der Waals surface area contributed by atoms with Crippen LogP contribution in [0.4, 0.5) is 8.78 Å². The third kappa shape index (κ3) is 4.71. The fourth-order valence-electron chi connectivity index (χ4n) is 1.56. The first-order chi connectivity index (χ1) is 7.59. The van der Waals surface area contributed by atoms with E-state index in [1.807, 2.05) is 0 Å². The molecule has 3 heteroatoms. The highest BCUT2D eigenvalue weighted by Gasteiger charge is 2.03. The average Bonchev–Trinajstić information content (AvgIpc) is 2.20. The van der Waals surface area contributed by atoms with Gasteiger partial charge in [0.2, 0.25) is 0 Å². The Morgan fingerprint density at radius 3 is 2.56 bits per heavy atom. The molecule has 1 rings (SSSR count). The lowest BCUT2D eigenvalue weighted by Gasteiger charge is -2.07. The maximum Gasteiger partial charge on any atom is 0.129 e. The van der Waals surface area contributed by atoms with Gasteiger partial charge in [-0.05, 0) is 37.4 Å². The van der Waals surface area contributed by atoms with Crippen molar-refractivity contribution in [2.75, 3.05) is 6.54 Å². The molecule has 0 amide bonds. The molecule has 0 spiro atoms. The molecule has 0 radical (unpaired) electrons. The molecule has 1 aromatic rings. The van der Waals surface area contributed by atoms with Crippen LogP contribution in [0.15, 0.2) is 18.2 Å². The van der Waals surface area contributed by atoms with Crippen molar-refractivity contribution in [1.29, 1.82) is 0 Å². The highest BCUT2D eigenvalue weighted by atomic mass is 19.1. The Kier molecular flexibility index (Phi) is 5.39. The second-order valence-electron chi connectivity index (χ2n) is 4.30. The van der Waals surface area contributed by atoms with Crippen LogP contribution < -0.4 is 5.32 Å². The van der Waals surface area contributed by atoms with Crippen LogP contribution in [-0.2, 0) is 6.42 Å². The van der Waals surface area contributed by atoms with Gasteiger partial charge >= 0.3 is 0 Å². The Balaban J connectivity index is 2.27. The molecule has 0 fully saturated rings. The zero-order valence-corrected chi connectivity index (χ0v) is 9.89. The fourth-order valence-corrected chi connectivity index (χ4v) is 1.56. The van der Waals surface area contributed by atoms with Crippen LogP contribution in [0.1, 0.15) is 32.3 Å². The van der Waals surface area contributed by atoms with E-state index in [2.05, 4.69) is 19.2 Å². The summed E-state index contributed by atoms with van der Waals surface area (Å²) in [5.41, 5.74) is 0.603. The summed E-state index contributed by atoms with van der Waals surface area (Å²) in [7, 11) is 0. The van der Waals surface area contributed by atoms with Crippen molar-refractivity contribution < 1.29 is 8.78 Å². The Morgan fingerprint density at radius 1 is 1.19 bits per heavy atom. The zero-order chi connectivity index (χ0) is 12.0. The number of rotatable bonds is 6. The molecule has 0 aromatic heterocycles. The topological polar surface area (TPSA) is 12.0 Å². The highest BCUT2D eigenvalue weighted by molar-refractivity contribution is 5.18. The van der Waals surface area contributed by atoms with Crippen LogP contribution in [0.3, 0.4) is 0 Å². The summed E-state index contributed by atoms with van der Waals surface area (Å²) < 4.78 is 25.9. The van der Waals surface area contributed by atoms with E-state index in [4.69, 9.17) is 0 Å². The second kappa shape index (κ2) is 6.59. The Labute approximate surface area is 95.9 Å². The molecule has 0 saturated carbocycles. The Morgan fingerprint density at radius 2 is 1.94 bits per heavy atom. The van der Waals surface area contributed by atoms with E-state index in [1.54, 1.807) is 0 Å². The van der Waals surface area contributed by atoms with Crippen LogP contribution >= 0.6 is 0 Å². The first-order valence-electron chi connectivity index (χ1n) is 5.77. The smallest absolute Gasteiger partial charge is 0.129 e. The number of nitrogens with one attached hydrogen (secondary N) is 1. The van der Waals surface area contributed by atoms with Crippen LogP contribution in [0.25, 0.3) is 0 Å². The number of unbranched alkanes of at least 4 members (excludes halogenated alkanes) is 1. The minimum atomic E-state index is -0.511. The molecular weight excluding hydrogens is 208 g/mol. The number of halogens is 2. The van der Waals surface area contributed by atoms with Crippen LogP contribution in [-0.4, -0.2) is 12.6 Å². The lowest BCUT2D eigenvalue weighted by molar-refractivity contribution is 0.544. The zero-order valence-electron chi connectivity index (χ0n) is 9.89. The highest BCUT2D eigenvalue weighted by Crippen LogP contribution is 2.12. The first kappa shape index (κ1) is 13.1. The minimum absolute atomic E-state index is 0.434. The Bertz CT molecular complexity index is 324. The number of benzene rings is 1. The number of hydrogen-bond acceptors (Lipinski definition) is 1. The lowest BCUT2D eigenvalue weighted by Crippen LogP contribution is -2.23. The van der Waals surface area contributed by atoms with Crippen molar-refractivity contribution in [3.05, 3.63) is 35.4 Å². The van der Waals surface area contributed by atoms with Crippen molar-refractivity contribution >= 4 is 0 Å². The molecule has 1 nitrogen and oxygen atoms in total. The van der Waals surface area contributed by atoms with E-state index in [0.717, 1.165) is 25.5 Å². The average molecular weight is 227 g/mol. The second-order valence-corrected chi connectivity index (χ2v) is 4.30. The van der Waals surface area contributed by atoms with E-state index in [1.165, 1.54) is 12.1 Å². The van der Waals surface area contributed by atoms with Gasteiger partial charge in [0, 0.05) is 12.1 Å². The molecule has 90 valence electrons. The van der Waals surface area contributed by atoms with Gasteiger partial charge in [-0.3, -0.25) is 0 Å². The van der Waals surface area contributed by atoms with Crippen LogP contribution in [0, 0.1) is 11.6 Å². The maximum absolute atomic E-state index is 13.2. The van der Waals surface area contributed by atoms with Gasteiger partial charge in [0.25, 0.3) is 0 Å². The monoisotopic (exact) mass is 227 g/mol. The van der Waals surface area contributed by atoms with Crippen LogP contribution in [0.5, 0.6) is 0 Å². The summed E-state index contributed by atoms with van der Waals surface area (Å²) >= 11 is 0. The summed E-state index contributed by atoms with van der Waals surface area (Å²) in [5.74, 6) is -0.945. The third-order valence-corrected chi connectivity index (χ3v) is 2.44. The molecule has 0 aliphatic heterocycles. The molecule has 0 atom stereocenters. The number of aryl methyl sites for hydroxylation is 1. The molecule has 0 aliphatic carbocycles. The van der Waals surface area contributed by atoms with Crippen molar-refractivity contribution in [1.82, 2.24) is 5.32 Å². The van der Waals surface area contributed by atoms with E-state index in [9.17, 15) is 8.78 Å². The third-order valence-electron chi connectivity index (χ3n) is 2.44. The summed E-state index contributed by atoms with van der Waals surface area (Å²) in [6.45, 7) is 5.14. The molecule has 16 heavy (non-hydrogen) atoms. The SMILES string of the molecule is CC(C)NCCCCc1ccc(F)cc1F. The quantitative estimate of drug-likeness (QED) is 0.735. The summed E-state index contributed by atoms with van der Waals surface area (Å²) in [6, 6.07) is 4.27. The van der Waals surface area contributed by atoms with E-state index >= 15 is 0 Å². The van der Waals surface area contributed by atoms with Gasteiger partial charge < -0.3 is 5.32 Å². The van der Waals surface area contributed by atoms with Crippen molar-refractivity contribution in [2.45, 2.75) is 39.2 Å². The minimum Gasteiger partial charge on any atom is -0.315 e. The van der Waals surface area contributed by atoms with Gasteiger partial charge in [-0.1, -0.05) is 19.9 Å². The largest absolute Gasteiger partial charge is 0.315 e. The standard InChI is InChI=1S/C13H19F2N/c1-10(2)16-8-4-3-5-11-6-7-12(14)9-13(11)15/h6-7,9-10,16H,3-5,8H2,1-2H3. The molecule has 0 bridgehead atoms. The van der Waals surface area contributed by atoms with Gasteiger partial charge in [-0.2, -0.15) is 0 Å². The van der Waals surface area contributed by atoms with Gasteiger partial charge in [-0.15, -0.1) is 0 Å². The Hall–Kier alpha value is -0.960. The van der Waals surface area contributed by atoms with Gasteiger partial charge in [0.1, 0.15) is 11.6 Å². The van der Waals surface area contributed by atoms with Crippen LogP contribution in [0.2, 0.25) is 0 Å². The summed E-state index contributed by atoms with van der Waals surface area (Å²) in [4.78, 5) is 0. The molecule has 0 heterocycles. The molecule has 0 aliphatic rings. The normalized spacial score (nSPS) is 11.1. The van der Waals surface area contributed by atoms with Gasteiger partial charge in [0.15, 0.2) is 0 Å². The first-order valence-corrected chi connectivity index (χ1v) is 5.77. The number of hydrogen-bond donors (Lipinski definition) is 1. The maximum atomic E-state index is 13.2. The predicted molar refractivity (Wildman–Crippen MR) is 62.4 cm³/mol. The molecule has 1 N–H and O–H groups in total. The van der Waals surface area contributed by atoms with Crippen molar-refractivity contribution in [2.24, 2.45) is 0 Å². The van der Waals surface area contributed by atoms with Gasteiger partial charge in [-0.25, -0.2) is 8.78 Å². The van der Waals surface area contributed by atoms with E-state index in [0.29, 0.717) is 18.0 Å². The fraction of sp³-hybridized carbons (Fsp3) is 0.538. The predicted octanol–water partition coefficient (Wildman–Crippen LogP) is 3.29. The van der Waals surface area contributed by atoms with E-state index in [-0.39, 0.29) is 0 Å². The summed E-state index contributed by atoms with van der Waals surface area (Å²) in [5, 5.41) is 3.30. The summed E-state index contributed by atoms with van der Waals surface area (Å²) in [6.07, 6.45) is 2.60. The van der Waals surface area contributed by atoms with E-state index < -0.39 is 11.6 Å². The van der Waals surface area contributed by atoms with Gasteiger partial charge in [0.05, 0.1) is 0 Å². The molecule has 0 saturated heterocycles. The molecule has 0 unspecified atom stereocenters. The lowest BCUT2D eigenvalue weighted by atomic mass is 10.1. The molecule has 1 aromatic carbocycles. The molecular formula is C13H19F2N. The van der Waals surface area contributed by atoms with Crippen molar-refractivity contribution in [3.63, 3.8) is 0 Å².